The van der Waals surface area contributed by atoms with E-state index >= 15 is 0 Å². The van der Waals surface area contributed by atoms with Gasteiger partial charge in [-0.2, -0.15) is 0 Å². The molecule has 0 aromatic heterocycles. The van der Waals surface area contributed by atoms with Crippen LogP contribution in [0.3, 0.4) is 0 Å². The van der Waals surface area contributed by atoms with Crippen molar-refractivity contribution in [2.45, 2.75) is 6.42 Å². The molecule has 0 unspecified atom stereocenters. The molecule has 6 heavy (non-hydrogen) atoms. The molecular weight excluding hydrogens is 187 g/mol. The molecule has 1 rings (SSSR count). The third-order valence-corrected chi connectivity index (χ3v) is 1.39. The van der Waals surface area contributed by atoms with Crippen LogP contribution in [0.5, 0.6) is 0 Å². The molecule has 0 aromatic rings. The average Bonchev–Trinajstić information content (AvgIpc) is 1.86. The molecule has 0 amide bonds. The number of halogens is 1. The molecule has 1 radical (unpaired) electrons. The minimum atomic E-state index is 1.01. The van der Waals surface area contributed by atoms with Crippen molar-refractivity contribution in [2.75, 3.05) is 0 Å². The van der Waals surface area contributed by atoms with Gasteiger partial charge in [0.15, 0.2) is 0 Å². The van der Waals surface area contributed by atoms with E-state index in [1.165, 1.54) is 3.58 Å². The Hall–Kier alpha value is 0.210. The van der Waals surface area contributed by atoms with Crippen molar-refractivity contribution >= 4 is 22.6 Å². The number of rotatable bonds is 0. The van der Waals surface area contributed by atoms with Crippen molar-refractivity contribution in [1.82, 2.24) is 0 Å². The molecule has 0 saturated heterocycles. The van der Waals surface area contributed by atoms with E-state index in [0.29, 0.717) is 0 Å². The van der Waals surface area contributed by atoms with E-state index in [-0.39, 0.29) is 0 Å². The summed E-state index contributed by atoms with van der Waals surface area (Å²) in [6.45, 7) is 0. The predicted octanol–water partition coefficient (Wildman–Crippen LogP) is 2.07. The quantitative estimate of drug-likeness (QED) is 0.514. The first-order chi connectivity index (χ1) is 2.89. The monoisotopic (exact) mass is 191 g/mol. The standard InChI is InChI=1S/C5H4I/c6-5-3-1-2-4-5/h1,3H,2H2. The van der Waals surface area contributed by atoms with Gasteiger partial charge >= 0.3 is 0 Å². The van der Waals surface area contributed by atoms with Gasteiger partial charge in [0, 0.05) is 3.58 Å². The van der Waals surface area contributed by atoms with Crippen LogP contribution in [0.4, 0.5) is 0 Å². The fourth-order valence-electron chi connectivity index (χ4n) is 0.378. The highest BCUT2D eigenvalue weighted by Gasteiger charge is 1.87. The molecule has 0 aliphatic heterocycles. The molecule has 31 valence electrons. The van der Waals surface area contributed by atoms with Crippen molar-refractivity contribution < 1.29 is 0 Å². The van der Waals surface area contributed by atoms with Gasteiger partial charge in [-0.15, -0.1) is 0 Å². The van der Waals surface area contributed by atoms with E-state index in [9.17, 15) is 0 Å². The highest BCUT2D eigenvalue weighted by molar-refractivity contribution is 14.1. The fourth-order valence-corrected chi connectivity index (χ4v) is 0.852. The Balaban J connectivity index is 2.68. The maximum absolute atomic E-state index is 3.11. The van der Waals surface area contributed by atoms with Gasteiger partial charge in [-0.3, -0.25) is 0 Å². The van der Waals surface area contributed by atoms with E-state index in [0.717, 1.165) is 6.42 Å². The van der Waals surface area contributed by atoms with E-state index < -0.39 is 0 Å². The first-order valence-corrected chi connectivity index (χ1v) is 2.90. The average molecular weight is 191 g/mol. The lowest BCUT2D eigenvalue weighted by atomic mass is 10.5. The van der Waals surface area contributed by atoms with Crippen molar-refractivity contribution in [3.05, 3.63) is 21.8 Å². The van der Waals surface area contributed by atoms with Crippen LogP contribution in [0.1, 0.15) is 6.42 Å². The molecular formula is C5H4I. The summed E-state index contributed by atoms with van der Waals surface area (Å²) in [7, 11) is 0. The zero-order valence-electron chi connectivity index (χ0n) is 3.24. The molecule has 0 aromatic carbocycles. The Morgan fingerprint density at radius 1 is 1.83 bits per heavy atom. The minimum absolute atomic E-state index is 1.01. The van der Waals surface area contributed by atoms with Gasteiger partial charge in [0.05, 0.1) is 0 Å². The Bertz CT molecular complexity index is 97.8. The van der Waals surface area contributed by atoms with Crippen LogP contribution >= 0.6 is 22.6 Å². The van der Waals surface area contributed by atoms with Crippen molar-refractivity contribution in [1.29, 1.82) is 0 Å². The van der Waals surface area contributed by atoms with Gasteiger partial charge in [-0.05, 0) is 35.1 Å². The Labute approximate surface area is 51.1 Å². The van der Waals surface area contributed by atoms with Gasteiger partial charge in [0.2, 0.25) is 0 Å². The molecule has 0 heterocycles. The lowest BCUT2D eigenvalue weighted by Gasteiger charge is -1.68. The number of hydrogen-bond acceptors (Lipinski definition) is 0. The van der Waals surface area contributed by atoms with Crippen LogP contribution in [-0.2, 0) is 0 Å². The van der Waals surface area contributed by atoms with E-state index in [4.69, 9.17) is 0 Å². The minimum Gasteiger partial charge on any atom is -0.0790 e. The summed E-state index contributed by atoms with van der Waals surface area (Å²) in [6.07, 6.45) is 8.29. The summed E-state index contributed by atoms with van der Waals surface area (Å²) in [5.41, 5.74) is 0. The smallest absolute Gasteiger partial charge is 0.0165 e. The van der Waals surface area contributed by atoms with Crippen molar-refractivity contribution in [3.63, 3.8) is 0 Å². The van der Waals surface area contributed by atoms with Crippen LogP contribution in [-0.4, -0.2) is 0 Å². The second kappa shape index (κ2) is 1.78. The second-order valence-corrected chi connectivity index (χ2v) is 2.29. The molecule has 1 aliphatic rings. The molecule has 0 atom stereocenters. The summed E-state index contributed by atoms with van der Waals surface area (Å²) in [5, 5.41) is 0. The normalized spacial score (nSPS) is 18.5. The maximum Gasteiger partial charge on any atom is 0.0165 e. The Morgan fingerprint density at radius 3 is 2.83 bits per heavy atom. The van der Waals surface area contributed by atoms with Crippen LogP contribution in [0.2, 0.25) is 0 Å². The summed E-state index contributed by atoms with van der Waals surface area (Å²) in [5.74, 6) is 0. The molecule has 0 N–H and O–H groups in total. The molecule has 0 bridgehead atoms. The summed E-state index contributed by atoms with van der Waals surface area (Å²) in [6, 6.07) is 0. The van der Waals surface area contributed by atoms with Crippen LogP contribution in [0, 0.1) is 6.08 Å². The first-order valence-electron chi connectivity index (χ1n) is 1.82. The molecule has 1 aliphatic carbocycles. The fraction of sp³-hybridized carbons (Fsp3) is 0.200. The van der Waals surface area contributed by atoms with E-state index in [2.05, 4.69) is 40.8 Å². The molecule has 0 nitrogen and oxygen atoms in total. The second-order valence-electron chi connectivity index (χ2n) is 1.13. The van der Waals surface area contributed by atoms with E-state index in [1.54, 1.807) is 0 Å². The lowest BCUT2D eigenvalue weighted by Crippen LogP contribution is -1.45. The SMILES string of the molecule is IC1=[C]CC=C1. The predicted molar refractivity (Wildman–Crippen MR) is 34.5 cm³/mol. The van der Waals surface area contributed by atoms with Gasteiger partial charge in [0.1, 0.15) is 0 Å². The Kier molecular flexibility index (Phi) is 1.29. The van der Waals surface area contributed by atoms with E-state index in [1.807, 2.05) is 0 Å². The van der Waals surface area contributed by atoms with Crippen LogP contribution in [0.15, 0.2) is 15.7 Å². The number of allylic oxidation sites excluding steroid dienone is 4. The summed E-state index contributed by atoms with van der Waals surface area (Å²) in [4.78, 5) is 0. The van der Waals surface area contributed by atoms with Crippen molar-refractivity contribution in [2.24, 2.45) is 0 Å². The lowest BCUT2D eigenvalue weighted by molar-refractivity contribution is 1.40. The molecule has 0 fully saturated rings. The molecule has 0 spiro atoms. The Morgan fingerprint density at radius 2 is 2.67 bits per heavy atom. The van der Waals surface area contributed by atoms with Crippen molar-refractivity contribution in [3.8, 4) is 0 Å². The topological polar surface area (TPSA) is 0 Å². The third kappa shape index (κ3) is 0.834. The molecule has 0 saturated carbocycles. The highest BCUT2D eigenvalue weighted by Crippen LogP contribution is 2.13. The summed E-state index contributed by atoms with van der Waals surface area (Å²) >= 11 is 2.25. The van der Waals surface area contributed by atoms with Gasteiger partial charge in [0.25, 0.3) is 0 Å². The van der Waals surface area contributed by atoms with Gasteiger partial charge in [-0.25, -0.2) is 0 Å². The summed E-state index contributed by atoms with van der Waals surface area (Å²) < 4.78 is 1.24. The largest absolute Gasteiger partial charge is 0.0790 e. The zero-order valence-corrected chi connectivity index (χ0v) is 5.40. The maximum atomic E-state index is 3.11. The van der Waals surface area contributed by atoms with Crippen LogP contribution in [0.25, 0.3) is 0 Å². The van der Waals surface area contributed by atoms with Crippen LogP contribution < -0.4 is 0 Å². The third-order valence-electron chi connectivity index (χ3n) is 0.653. The zero-order chi connectivity index (χ0) is 4.41. The highest BCUT2D eigenvalue weighted by atomic mass is 127. The van der Waals surface area contributed by atoms with Gasteiger partial charge in [-0.1, -0.05) is 12.2 Å². The molecule has 1 heteroatoms. The van der Waals surface area contributed by atoms with Gasteiger partial charge < -0.3 is 0 Å². The number of hydrogen-bond donors (Lipinski definition) is 0. The first kappa shape index (κ1) is 4.37.